The summed E-state index contributed by atoms with van der Waals surface area (Å²) < 4.78 is 0. The molecule has 2 aliphatic rings. The van der Waals surface area contributed by atoms with E-state index >= 15 is 0 Å². The Morgan fingerprint density at radius 1 is 1.32 bits per heavy atom. The summed E-state index contributed by atoms with van der Waals surface area (Å²) in [5.41, 5.74) is 7.44. The van der Waals surface area contributed by atoms with E-state index in [1.165, 1.54) is 55.9 Å². The monoisotopic (exact) mass is 279 g/mol. The van der Waals surface area contributed by atoms with Crippen molar-refractivity contribution in [3.63, 3.8) is 0 Å². The summed E-state index contributed by atoms with van der Waals surface area (Å²) in [4.78, 5) is 8.97. The van der Waals surface area contributed by atoms with Gasteiger partial charge in [-0.1, -0.05) is 0 Å². The third-order valence-electron chi connectivity index (χ3n) is 4.18. The number of hydrogen-bond acceptors (Lipinski definition) is 4. The third-order valence-corrected chi connectivity index (χ3v) is 5.50. The molecule has 3 rings (SSSR count). The standard InChI is InChI=1S/C15H25N3S/c1-15(2,16)10-18-8-6-11(7-9-18)14-17-12-4-3-5-13(12)19-14/h11H,3-10,16H2,1-2H3. The molecule has 0 amide bonds. The highest BCUT2D eigenvalue weighted by Gasteiger charge is 2.27. The fraction of sp³-hybridized carbons (Fsp3) is 0.800. The number of aryl methyl sites for hydroxylation is 2. The van der Waals surface area contributed by atoms with E-state index in [0.717, 1.165) is 6.54 Å². The summed E-state index contributed by atoms with van der Waals surface area (Å²) in [5.74, 6) is 0.702. The number of hydrogen-bond donors (Lipinski definition) is 1. The van der Waals surface area contributed by atoms with E-state index < -0.39 is 0 Å². The summed E-state index contributed by atoms with van der Waals surface area (Å²) in [6, 6.07) is 0. The van der Waals surface area contributed by atoms with E-state index in [-0.39, 0.29) is 5.54 Å². The van der Waals surface area contributed by atoms with E-state index in [4.69, 9.17) is 10.7 Å². The lowest BCUT2D eigenvalue weighted by Crippen LogP contribution is -2.47. The maximum absolute atomic E-state index is 6.11. The van der Waals surface area contributed by atoms with Crippen molar-refractivity contribution in [2.24, 2.45) is 5.73 Å². The maximum Gasteiger partial charge on any atom is 0.0962 e. The minimum absolute atomic E-state index is 0.0742. The van der Waals surface area contributed by atoms with Crippen LogP contribution >= 0.6 is 11.3 Å². The van der Waals surface area contributed by atoms with E-state index in [1.54, 1.807) is 4.88 Å². The van der Waals surface area contributed by atoms with Crippen LogP contribution in [0.1, 0.15) is 54.6 Å². The first-order valence-corrected chi connectivity index (χ1v) is 8.33. The lowest BCUT2D eigenvalue weighted by atomic mass is 9.96. The van der Waals surface area contributed by atoms with Gasteiger partial charge in [0.1, 0.15) is 0 Å². The van der Waals surface area contributed by atoms with Gasteiger partial charge >= 0.3 is 0 Å². The lowest BCUT2D eigenvalue weighted by molar-refractivity contribution is 0.179. The molecule has 0 spiro atoms. The van der Waals surface area contributed by atoms with Crippen molar-refractivity contribution in [3.8, 4) is 0 Å². The quantitative estimate of drug-likeness (QED) is 0.924. The average Bonchev–Trinajstić information content (AvgIpc) is 2.87. The van der Waals surface area contributed by atoms with Crippen molar-refractivity contribution in [2.45, 2.75) is 57.4 Å². The van der Waals surface area contributed by atoms with E-state index in [9.17, 15) is 0 Å². The molecule has 0 aromatic carbocycles. The first-order valence-electron chi connectivity index (χ1n) is 7.51. The van der Waals surface area contributed by atoms with Gasteiger partial charge in [-0.05, 0) is 59.0 Å². The fourth-order valence-corrected chi connectivity index (χ4v) is 4.62. The van der Waals surface area contributed by atoms with Gasteiger partial charge in [0.25, 0.3) is 0 Å². The SMILES string of the molecule is CC(C)(N)CN1CCC(c2nc3c(s2)CCC3)CC1. The van der Waals surface area contributed by atoms with Crippen molar-refractivity contribution in [1.29, 1.82) is 0 Å². The number of nitrogens with zero attached hydrogens (tertiary/aromatic N) is 2. The molecular formula is C15H25N3S. The van der Waals surface area contributed by atoms with Crippen molar-refractivity contribution >= 4 is 11.3 Å². The van der Waals surface area contributed by atoms with Crippen LogP contribution in [-0.4, -0.2) is 35.1 Å². The Bertz CT molecular complexity index is 417. The maximum atomic E-state index is 6.11. The highest BCUT2D eigenvalue weighted by molar-refractivity contribution is 7.11. The third kappa shape index (κ3) is 3.18. The molecule has 0 saturated carbocycles. The van der Waals surface area contributed by atoms with Crippen molar-refractivity contribution in [1.82, 2.24) is 9.88 Å². The molecule has 1 aliphatic carbocycles. The average molecular weight is 279 g/mol. The van der Waals surface area contributed by atoms with Crippen LogP contribution in [0.5, 0.6) is 0 Å². The molecule has 2 N–H and O–H groups in total. The largest absolute Gasteiger partial charge is 0.324 e. The first kappa shape index (κ1) is 13.5. The topological polar surface area (TPSA) is 42.1 Å². The minimum atomic E-state index is -0.0742. The van der Waals surface area contributed by atoms with Crippen LogP contribution < -0.4 is 5.73 Å². The molecule has 0 unspecified atom stereocenters. The zero-order chi connectivity index (χ0) is 13.5. The zero-order valence-electron chi connectivity index (χ0n) is 12.1. The molecule has 106 valence electrons. The van der Waals surface area contributed by atoms with E-state index in [1.807, 2.05) is 11.3 Å². The molecule has 1 saturated heterocycles. The van der Waals surface area contributed by atoms with Crippen LogP contribution in [0.25, 0.3) is 0 Å². The Morgan fingerprint density at radius 3 is 2.68 bits per heavy atom. The van der Waals surface area contributed by atoms with Crippen molar-refractivity contribution in [2.75, 3.05) is 19.6 Å². The fourth-order valence-electron chi connectivity index (χ4n) is 3.30. The van der Waals surface area contributed by atoms with Gasteiger partial charge in [-0.3, -0.25) is 0 Å². The van der Waals surface area contributed by atoms with E-state index in [0.29, 0.717) is 5.92 Å². The Labute approximate surface area is 120 Å². The molecule has 19 heavy (non-hydrogen) atoms. The summed E-state index contributed by atoms with van der Waals surface area (Å²) in [5, 5.41) is 1.41. The summed E-state index contributed by atoms with van der Waals surface area (Å²) >= 11 is 1.99. The number of likely N-dealkylation sites (tertiary alicyclic amines) is 1. The molecule has 1 fully saturated rings. The Hall–Kier alpha value is -0.450. The summed E-state index contributed by atoms with van der Waals surface area (Å²) in [7, 11) is 0. The van der Waals surface area contributed by atoms with Crippen molar-refractivity contribution < 1.29 is 0 Å². The van der Waals surface area contributed by atoms with Gasteiger partial charge in [-0.25, -0.2) is 4.98 Å². The second-order valence-electron chi connectivity index (χ2n) is 6.81. The lowest BCUT2D eigenvalue weighted by Gasteiger charge is -2.35. The van der Waals surface area contributed by atoms with Crippen LogP contribution in [0.2, 0.25) is 0 Å². The number of aromatic nitrogens is 1. The predicted octanol–water partition coefficient (Wildman–Crippen LogP) is 2.55. The molecule has 1 aromatic heterocycles. The summed E-state index contributed by atoms with van der Waals surface area (Å²) in [6.07, 6.45) is 6.31. The van der Waals surface area contributed by atoms with Crippen molar-refractivity contribution in [3.05, 3.63) is 15.6 Å². The molecule has 1 aliphatic heterocycles. The van der Waals surface area contributed by atoms with Gasteiger partial charge in [-0.2, -0.15) is 0 Å². The van der Waals surface area contributed by atoms with Gasteiger partial charge in [0.15, 0.2) is 0 Å². The summed E-state index contributed by atoms with van der Waals surface area (Å²) in [6.45, 7) is 7.59. The zero-order valence-corrected chi connectivity index (χ0v) is 12.9. The smallest absolute Gasteiger partial charge is 0.0962 e. The molecule has 3 nitrogen and oxygen atoms in total. The molecule has 0 bridgehead atoms. The molecule has 1 aromatic rings. The van der Waals surface area contributed by atoms with Crippen LogP contribution in [0.3, 0.4) is 0 Å². The number of nitrogens with two attached hydrogens (primary N) is 1. The first-order chi connectivity index (χ1) is 9.01. The highest BCUT2D eigenvalue weighted by Crippen LogP contribution is 2.35. The number of thiazole rings is 1. The van der Waals surface area contributed by atoms with E-state index in [2.05, 4.69) is 18.7 Å². The Balaban J connectivity index is 1.57. The molecular weight excluding hydrogens is 254 g/mol. The second kappa shape index (κ2) is 5.15. The molecule has 4 heteroatoms. The molecule has 0 atom stereocenters. The Kier molecular flexibility index (Phi) is 3.67. The predicted molar refractivity (Wildman–Crippen MR) is 80.8 cm³/mol. The number of rotatable bonds is 3. The molecule has 0 radical (unpaired) electrons. The number of fused-ring (bicyclic) bond motifs is 1. The van der Waals surface area contributed by atoms with Crippen LogP contribution in [0, 0.1) is 0 Å². The van der Waals surface area contributed by atoms with Gasteiger partial charge < -0.3 is 10.6 Å². The minimum Gasteiger partial charge on any atom is -0.324 e. The van der Waals surface area contributed by atoms with Gasteiger partial charge in [0.05, 0.1) is 10.7 Å². The second-order valence-corrected chi connectivity index (χ2v) is 7.93. The van der Waals surface area contributed by atoms with Crippen LogP contribution in [0.4, 0.5) is 0 Å². The van der Waals surface area contributed by atoms with Gasteiger partial charge in [-0.15, -0.1) is 11.3 Å². The van der Waals surface area contributed by atoms with Gasteiger partial charge in [0, 0.05) is 22.9 Å². The van der Waals surface area contributed by atoms with Crippen LogP contribution in [0.15, 0.2) is 0 Å². The number of piperidine rings is 1. The Morgan fingerprint density at radius 2 is 2.05 bits per heavy atom. The van der Waals surface area contributed by atoms with Gasteiger partial charge in [0.2, 0.25) is 0 Å². The highest BCUT2D eigenvalue weighted by atomic mass is 32.1. The van der Waals surface area contributed by atoms with Crippen LogP contribution in [-0.2, 0) is 12.8 Å². The normalized spacial score (nSPS) is 21.8. The molecule has 2 heterocycles.